The minimum atomic E-state index is -0.0706. The number of aromatic nitrogens is 1. The zero-order chi connectivity index (χ0) is 21.1. The summed E-state index contributed by atoms with van der Waals surface area (Å²) in [6.45, 7) is 7.39. The number of ether oxygens (including phenoxy) is 2. The first-order valence-corrected chi connectivity index (χ1v) is 10.9. The molecule has 2 aromatic rings. The SMILES string of the molecule is Cc1ccc(N2CCOc3c(C(=O)N[C@H]4CC[C@H](OC(C)C)CC4)cccc32)nc1. The van der Waals surface area contributed by atoms with Gasteiger partial charge in [-0.25, -0.2) is 4.98 Å². The van der Waals surface area contributed by atoms with Crippen LogP contribution in [-0.2, 0) is 4.74 Å². The molecule has 0 atom stereocenters. The summed E-state index contributed by atoms with van der Waals surface area (Å²) in [6.07, 6.45) is 6.28. The summed E-state index contributed by atoms with van der Waals surface area (Å²) in [6, 6.07) is 9.98. The molecule has 1 amide bonds. The maximum absolute atomic E-state index is 13.1. The molecule has 30 heavy (non-hydrogen) atoms. The van der Waals surface area contributed by atoms with E-state index in [1.165, 1.54) is 0 Å². The number of hydrogen-bond donors (Lipinski definition) is 1. The van der Waals surface area contributed by atoms with Gasteiger partial charge in [-0.2, -0.15) is 0 Å². The van der Waals surface area contributed by atoms with Crippen LogP contribution in [0.15, 0.2) is 36.5 Å². The number of hydrogen-bond acceptors (Lipinski definition) is 5. The van der Waals surface area contributed by atoms with Crippen molar-refractivity contribution >= 4 is 17.4 Å². The minimum Gasteiger partial charge on any atom is -0.489 e. The molecule has 4 rings (SSSR count). The number of rotatable bonds is 5. The van der Waals surface area contributed by atoms with E-state index in [1.54, 1.807) is 0 Å². The fourth-order valence-electron chi connectivity index (χ4n) is 4.28. The molecule has 0 bridgehead atoms. The topological polar surface area (TPSA) is 63.7 Å². The van der Waals surface area contributed by atoms with Crippen LogP contribution in [0.1, 0.15) is 55.5 Å². The van der Waals surface area contributed by atoms with Gasteiger partial charge in [-0.1, -0.05) is 12.1 Å². The Morgan fingerprint density at radius 1 is 1.20 bits per heavy atom. The highest BCUT2D eigenvalue weighted by Gasteiger charge is 2.28. The molecule has 1 saturated carbocycles. The summed E-state index contributed by atoms with van der Waals surface area (Å²) in [5.41, 5.74) is 2.60. The molecular weight excluding hydrogens is 378 g/mol. The lowest BCUT2D eigenvalue weighted by atomic mass is 9.92. The monoisotopic (exact) mass is 409 g/mol. The van der Waals surface area contributed by atoms with Gasteiger partial charge in [0.05, 0.1) is 30.0 Å². The number of nitrogens with one attached hydrogen (secondary N) is 1. The summed E-state index contributed by atoms with van der Waals surface area (Å²) in [5.74, 6) is 1.44. The molecule has 0 spiro atoms. The van der Waals surface area contributed by atoms with Crippen LogP contribution in [0.25, 0.3) is 0 Å². The molecular formula is C24H31N3O3. The average molecular weight is 410 g/mol. The maximum Gasteiger partial charge on any atom is 0.255 e. The number of benzene rings is 1. The normalized spacial score (nSPS) is 21.1. The Hall–Kier alpha value is -2.60. The Kier molecular flexibility index (Phi) is 6.23. The van der Waals surface area contributed by atoms with Crippen LogP contribution in [0.2, 0.25) is 0 Å². The van der Waals surface area contributed by atoms with E-state index in [4.69, 9.17) is 9.47 Å². The molecule has 1 N–H and O–H groups in total. The van der Waals surface area contributed by atoms with E-state index in [1.807, 2.05) is 43.5 Å². The maximum atomic E-state index is 13.1. The zero-order valence-electron chi connectivity index (χ0n) is 18.1. The molecule has 0 saturated heterocycles. The van der Waals surface area contributed by atoms with Crippen molar-refractivity contribution in [1.82, 2.24) is 10.3 Å². The molecule has 160 valence electrons. The Morgan fingerprint density at radius 2 is 2.00 bits per heavy atom. The lowest BCUT2D eigenvalue weighted by Crippen LogP contribution is -2.40. The zero-order valence-corrected chi connectivity index (χ0v) is 18.1. The lowest BCUT2D eigenvalue weighted by Gasteiger charge is -2.32. The van der Waals surface area contributed by atoms with Crippen molar-refractivity contribution in [3.8, 4) is 5.75 Å². The Labute approximate surface area is 178 Å². The first kappa shape index (κ1) is 20.7. The quantitative estimate of drug-likeness (QED) is 0.794. The molecule has 6 heteroatoms. The Balaban J connectivity index is 1.47. The van der Waals surface area contributed by atoms with E-state index in [2.05, 4.69) is 29.0 Å². The first-order valence-electron chi connectivity index (χ1n) is 10.9. The Bertz CT molecular complexity index is 874. The van der Waals surface area contributed by atoms with Crippen LogP contribution in [0.5, 0.6) is 5.75 Å². The van der Waals surface area contributed by atoms with Gasteiger partial charge in [-0.3, -0.25) is 4.79 Å². The van der Waals surface area contributed by atoms with Gasteiger partial charge < -0.3 is 19.7 Å². The summed E-state index contributed by atoms with van der Waals surface area (Å²) >= 11 is 0. The molecule has 1 aliphatic carbocycles. The highest BCUT2D eigenvalue weighted by molar-refractivity contribution is 5.99. The van der Waals surface area contributed by atoms with Crippen molar-refractivity contribution in [1.29, 1.82) is 0 Å². The number of carbonyl (C=O) groups excluding carboxylic acids is 1. The predicted molar refractivity (Wildman–Crippen MR) is 118 cm³/mol. The fraction of sp³-hybridized carbons (Fsp3) is 0.500. The van der Waals surface area contributed by atoms with E-state index in [0.29, 0.717) is 30.6 Å². The van der Waals surface area contributed by atoms with Gasteiger partial charge in [0.2, 0.25) is 0 Å². The number of aryl methyl sites for hydroxylation is 1. The van der Waals surface area contributed by atoms with Crippen molar-refractivity contribution in [3.05, 3.63) is 47.7 Å². The average Bonchev–Trinajstić information content (AvgIpc) is 2.74. The van der Waals surface area contributed by atoms with Gasteiger partial charge in [-0.05, 0) is 70.2 Å². The van der Waals surface area contributed by atoms with Crippen molar-refractivity contribution in [2.24, 2.45) is 0 Å². The minimum absolute atomic E-state index is 0.0706. The molecule has 0 radical (unpaired) electrons. The van der Waals surface area contributed by atoms with Gasteiger partial charge in [0.25, 0.3) is 5.91 Å². The molecule has 1 aliphatic heterocycles. The van der Waals surface area contributed by atoms with Crippen LogP contribution in [-0.4, -0.2) is 42.3 Å². The second-order valence-corrected chi connectivity index (χ2v) is 8.48. The largest absolute Gasteiger partial charge is 0.489 e. The third-order valence-electron chi connectivity index (χ3n) is 5.74. The Morgan fingerprint density at radius 3 is 2.70 bits per heavy atom. The van der Waals surface area contributed by atoms with Gasteiger partial charge in [0.1, 0.15) is 12.4 Å². The number of anilines is 2. The molecule has 2 heterocycles. The lowest BCUT2D eigenvalue weighted by molar-refractivity contribution is -0.0159. The van der Waals surface area contributed by atoms with Crippen LogP contribution in [0.3, 0.4) is 0 Å². The van der Waals surface area contributed by atoms with Crippen LogP contribution in [0, 0.1) is 6.92 Å². The third-order valence-corrected chi connectivity index (χ3v) is 5.74. The van der Waals surface area contributed by atoms with E-state index in [0.717, 1.165) is 42.8 Å². The molecule has 1 aromatic heterocycles. The van der Waals surface area contributed by atoms with E-state index >= 15 is 0 Å². The van der Waals surface area contributed by atoms with Gasteiger partial charge >= 0.3 is 0 Å². The summed E-state index contributed by atoms with van der Waals surface area (Å²) in [4.78, 5) is 19.7. The van der Waals surface area contributed by atoms with Crippen molar-refractivity contribution in [2.45, 2.75) is 64.7 Å². The fourth-order valence-corrected chi connectivity index (χ4v) is 4.28. The third kappa shape index (κ3) is 4.59. The molecule has 2 aliphatic rings. The smallest absolute Gasteiger partial charge is 0.255 e. The van der Waals surface area contributed by atoms with Crippen molar-refractivity contribution in [3.63, 3.8) is 0 Å². The molecule has 1 fully saturated rings. The van der Waals surface area contributed by atoms with Gasteiger partial charge in [-0.15, -0.1) is 0 Å². The number of para-hydroxylation sites is 1. The van der Waals surface area contributed by atoms with Gasteiger partial charge in [0.15, 0.2) is 5.75 Å². The first-order chi connectivity index (χ1) is 14.5. The summed E-state index contributed by atoms with van der Waals surface area (Å²) < 4.78 is 11.9. The van der Waals surface area contributed by atoms with Crippen LogP contribution < -0.4 is 15.0 Å². The number of nitrogens with zero attached hydrogens (tertiary/aromatic N) is 2. The predicted octanol–water partition coefficient (Wildman–Crippen LogP) is 4.39. The number of amides is 1. The number of pyridine rings is 1. The van der Waals surface area contributed by atoms with E-state index in [-0.39, 0.29) is 18.1 Å². The van der Waals surface area contributed by atoms with Crippen LogP contribution in [0.4, 0.5) is 11.5 Å². The molecule has 1 aromatic carbocycles. The standard InChI is InChI=1S/C24H31N3O3/c1-16(2)30-19-10-8-18(9-11-19)26-24(28)20-5-4-6-21-23(20)29-14-13-27(21)22-12-7-17(3)15-25-22/h4-7,12,15-16,18-19H,8-11,13-14H2,1-3H3,(H,26,28)/t18-,19-. The summed E-state index contributed by atoms with van der Waals surface area (Å²) in [5, 5.41) is 3.21. The van der Waals surface area contributed by atoms with E-state index < -0.39 is 0 Å². The van der Waals surface area contributed by atoms with Crippen molar-refractivity contribution in [2.75, 3.05) is 18.1 Å². The van der Waals surface area contributed by atoms with Crippen molar-refractivity contribution < 1.29 is 14.3 Å². The number of carbonyl (C=O) groups is 1. The molecule has 0 unspecified atom stereocenters. The van der Waals surface area contributed by atoms with E-state index in [9.17, 15) is 4.79 Å². The molecule has 6 nitrogen and oxygen atoms in total. The second kappa shape index (κ2) is 9.04. The summed E-state index contributed by atoms with van der Waals surface area (Å²) in [7, 11) is 0. The van der Waals surface area contributed by atoms with Gasteiger partial charge in [0, 0.05) is 12.2 Å². The highest BCUT2D eigenvalue weighted by Crippen LogP contribution is 2.38. The highest BCUT2D eigenvalue weighted by atomic mass is 16.5. The number of fused-ring (bicyclic) bond motifs is 1. The van der Waals surface area contributed by atoms with Crippen LogP contribution >= 0.6 is 0 Å². The second-order valence-electron chi connectivity index (χ2n) is 8.48.